The lowest BCUT2D eigenvalue weighted by atomic mass is 9.94. The van der Waals surface area contributed by atoms with Crippen molar-refractivity contribution in [2.75, 3.05) is 6.54 Å². The van der Waals surface area contributed by atoms with Crippen molar-refractivity contribution in [1.29, 1.82) is 0 Å². The van der Waals surface area contributed by atoms with Gasteiger partial charge in [0.2, 0.25) is 0 Å². The van der Waals surface area contributed by atoms with Crippen molar-refractivity contribution in [1.82, 2.24) is 5.32 Å². The average molecular weight is 306 g/mol. The number of hydrogen-bond acceptors (Lipinski definition) is 1. The first-order chi connectivity index (χ1) is 10.0. The zero-order valence-corrected chi connectivity index (χ0v) is 13.5. The summed E-state index contributed by atoms with van der Waals surface area (Å²) in [4.78, 5) is 0. The third kappa shape index (κ3) is 3.84. The number of benzene rings is 2. The van der Waals surface area contributed by atoms with Crippen LogP contribution in [0.2, 0.25) is 5.02 Å². The Morgan fingerprint density at radius 1 is 1.19 bits per heavy atom. The molecular formula is C18H21ClFN. The summed E-state index contributed by atoms with van der Waals surface area (Å²) in [5, 5.41) is 3.71. The Morgan fingerprint density at radius 3 is 2.67 bits per heavy atom. The van der Waals surface area contributed by atoms with Crippen LogP contribution in [0.15, 0.2) is 36.4 Å². The van der Waals surface area contributed by atoms with Crippen molar-refractivity contribution in [2.24, 2.45) is 0 Å². The number of aryl methyl sites for hydroxylation is 2. The van der Waals surface area contributed by atoms with Gasteiger partial charge in [-0.2, -0.15) is 0 Å². The first-order valence-corrected chi connectivity index (χ1v) is 7.64. The van der Waals surface area contributed by atoms with Gasteiger partial charge >= 0.3 is 0 Å². The van der Waals surface area contributed by atoms with Crippen molar-refractivity contribution >= 4 is 11.6 Å². The molecule has 1 nitrogen and oxygen atoms in total. The minimum atomic E-state index is -0.356. The Morgan fingerprint density at radius 2 is 1.95 bits per heavy atom. The molecule has 0 fully saturated rings. The molecule has 0 aromatic heterocycles. The summed E-state index contributed by atoms with van der Waals surface area (Å²) < 4.78 is 13.6. The summed E-state index contributed by atoms with van der Waals surface area (Å²) in [6.07, 6.45) is 0.675. The minimum absolute atomic E-state index is 0.134. The predicted octanol–water partition coefficient (Wildman–Crippen LogP) is 4.99. The van der Waals surface area contributed by atoms with Gasteiger partial charge in [-0.05, 0) is 49.6 Å². The van der Waals surface area contributed by atoms with Crippen molar-refractivity contribution < 1.29 is 4.39 Å². The molecule has 2 rings (SSSR count). The molecule has 2 aromatic carbocycles. The topological polar surface area (TPSA) is 12.0 Å². The molecule has 0 saturated heterocycles. The van der Waals surface area contributed by atoms with Crippen LogP contribution >= 0.6 is 11.6 Å². The van der Waals surface area contributed by atoms with E-state index in [0.29, 0.717) is 6.42 Å². The Hall–Kier alpha value is -1.38. The van der Waals surface area contributed by atoms with Crippen LogP contribution in [-0.2, 0) is 6.42 Å². The molecule has 1 N–H and O–H groups in total. The average Bonchev–Trinajstić information content (AvgIpc) is 2.46. The highest BCUT2D eigenvalue weighted by atomic mass is 35.5. The number of rotatable bonds is 5. The predicted molar refractivity (Wildman–Crippen MR) is 87.4 cm³/mol. The van der Waals surface area contributed by atoms with E-state index in [1.165, 1.54) is 22.8 Å². The highest BCUT2D eigenvalue weighted by molar-refractivity contribution is 6.31. The smallest absolute Gasteiger partial charge is 0.142 e. The van der Waals surface area contributed by atoms with Crippen LogP contribution in [0.4, 0.5) is 4.39 Å². The summed E-state index contributed by atoms with van der Waals surface area (Å²) >= 11 is 6.09. The van der Waals surface area contributed by atoms with Gasteiger partial charge in [-0.25, -0.2) is 4.39 Å². The van der Waals surface area contributed by atoms with Crippen LogP contribution in [0.3, 0.4) is 0 Å². The summed E-state index contributed by atoms with van der Waals surface area (Å²) in [6.45, 7) is 7.11. The quantitative estimate of drug-likeness (QED) is 0.820. The lowest BCUT2D eigenvalue weighted by Gasteiger charge is -2.22. The molecule has 0 aliphatic rings. The largest absolute Gasteiger partial charge is 0.310 e. The second kappa shape index (κ2) is 7.06. The highest BCUT2D eigenvalue weighted by Crippen LogP contribution is 2.27. The van der Waals surface area contributed by atoms with Crippen molar-refractivity contribution in [2.45, 2.75) is 33.2 Å². The maximum Gasteiger partial charge on any atom is 0.142 e. The van der Waals surface area contributed by atoms with Gasteiger partial charge in [0.15, 0.2) is 0 Å². The van der Waals surface area contributed by atoms with E-state index in [4.69, 9.17) is 11.6 Å². The third-order valence-corrected chi connectivity index (χ3v) is 4.14. The molecule has 0 bridgehead atoms. The molecule has 3 heteroatoms. The summed E-state index contributed by atoms with van der Waals surface area (Å²) in [5.41, 5.74) is 4.55. The lowest BCUT2D eigenvalue weighted by molar-refractivity contribution is 0.544. The molecule has 0 saturated carbocycles. The second-order valence-electron chi connectivity index (χ2n) is 5.39. The Balaban J connectivity index is 2.35. The lowest BCUT2D eigenvalue weighted by Crippen LogP contribution is -2.24. The summed E-state index contributed by atoms with van der Waals surface area (Å²) in [6, 6.07) is 11.6. The third-order valence-electron chi connectivity index (χ3n) is 3.72. The molecule has 1 atom stereocenters. The van der Waals surface area contributed by atoms with Gasteiger partial charge in [0.05, 0.1) is 5.02 Å². The van der Waals surface area contributed by atoms with Crippen LogP contribution in [0, 0.1) is 19.7 Å². The van der Waals surface area contributed by atoms with E-state index in [1.54, 1.807) is 6.07 Å². The van der Waals surface area contributed by atoms with E-state index in [9.17, 15) is 4.39 Å². The highest BCUT2D eigenvalue weighted by Gasteiger charge is 2.16. The molecular weight excluding hydrogens is 285 g/mol. The van der Waals surface area contributed by atoms with Crippen LogP contribution in [-0.4, -0.2) is 6.54 Å². The van der Waals surface area contributed by atoms with Crippen LogP contribution in [0.25, 0.3) is 0 Å². The Labute approximate surface area is 131 Å². The standard InChI is InChI=1S/C18H21ClFN/c1-4-21-17(15-10-12(2)8-9-13(15)3)11-14-6-5-7-16(20)18(14)19/h5-10,17,21H,4,11H2,1-3H3. The zero-order chi connectivity index (χ0) is 15.4. The maximum atomic E-state index is 13.6. The maximum absolute atomic E-state index is 13.6. The fourth-order valence-electron chi connectivity index (χ4n) is 2.60. The number of nitrogens with one attached hydrogen (secondary N) is 1. The summed E-state index contributed by atoms with van der Waals surface area (Å²) in [5.74, 6) is -0.356. The molecule has 0 aliphatic carbocycles. The molecule has 112 valence electrons. The van der Waals surface area contributed by atoms with Crippen LogP contribution < -0.4 is 5.32 Å². The van der Waals surface area contributed by atoms with E-state index >= 15 is 0 Å². The minimum Gasteiger partial charge on any atom is -0.310 e. The van der Waals surface area contributed by atoms with Gasteiger partial charge in [-0.3, -0.25) is 0 Å². The van der Waals surface area contributed by atoms with E-state index in [0.717, 1.165) is 12.1 Å². The molecule has 0 amide bonds. The number of halogens is 2. The fraction of sp³-hybridized carbons (Fsp3) is 0.333. The zero-order valence-electron chi connectivity index (χ0n) is 12.7. The molecule has 0 radical (unpaired) electrons. The van der Waals surface area contributed by atoms with Gasteiger partial charge in [0, 0.05) is 6.04 Å². The van der Waals surface area contributed by atoms with Gasteiger partial charge in [-0.1, -0.05) is 54.4 Å². The monoisotopic (exact) mass is 305 g/mol. The summed E-state index contributed by atoms with van der Waals surface area (Å²) in [7, 11) is 0. The van der Waals surface area contributed by atoms with Gasteiger partial charge < -0.3 is 5.32 Å². The molecule has 0 heterocycles. The Kier molecular flexibility index (Phi) is 5.38. The first-order valence-electron chi connectivity index (χ1n) is 7.26. The molecule has 2 aromatic rings. The Bertz CT molecular complexity index is 625. The molecule has 0 spiro atoms. The van der Waals surface area contributed by atoms with Crippen LogP contribution in [0.5, 0.6) is 0 Å². The molecule has 0 aliphatic heterocycles. The fourth-order valence-corrected chi connectivity index (χ4v) is 2.80. The van der Waals surface area contributed by atoms with Crippen molar-refractivity contribution in [3.63, 3.8) is 0 Å². The molecule has 1 unspecified atom stereocenters. The van der Waals surface area contributed by atoms with Gasteiger partial charge in [-0.15, -0.1) is 0 Å². The SMILES string of the molecule is CCNC(Cc1cccc(F)c1Cl)c1cc(C)ccc1C. The van der Waals surface area contributed by atoms with Crippen LogP contribution in [0.1, 0.15) is 35.2 Å². The van der Waals surface area contributed by atoms with E-state index in [1.807, 2.05) is 6.07 Å². The van der Waals surface area contributed by atoms with E-state index in [-0.39, 0.29) is 16.9 Å². The van der Waals surface area contributed by atoms with Gasteiger partial charge in [0.1, 0.15) is 5.82 Å². The van der Waals surface area contributed by atoms with Crippen molar-refractivity contribution in [3.8, 4) is 0 Å². The second-order valence-corrected chi connectivity index (χ2v) is 5.77. The van der Waals surface area contributed by atoms with E-state index < -0.39 is 0 Å². The number of hydrogen-bond donors (Lipinski definition) is 1. The molecule has 21 heavy (non-hydrogen) atoms. The van der Waals surface area contributed by atoms with Gasteiger partial charge in [0.25, 0.3) is 0 Å². The number of likely N-dealkylation sites (N-methyl/N-ethyl adjacent to an activating group) is 1. The normalized spacial score (nSPS) is 12.4. The van der Waals surface area contributed by atoms with Crippen molar-refractivity contribution in [3.05, 3.63) is 69.5 Å². The van der Waals surface area contributed by atoms with E-state index in [2.05, 4.69) is 44.3 Å². The first kappa shape index (κ1) is 16.0.